The Morgan fingerprint density at radius 1 is 1.23 bits per heavy atom. The Kier molecular flexibility index (Phi) is 6.54. The van der Waals surface area contributed by atoms with E-state index in [2.05, 4.69) is 25.9 Å². The second kappa shape index (κ2) is 9.91. The second-order valence-electron chi connectivity index (χ2n) is 8.50. The molecule has 0 spiro atoms. The first-order valence-electron chi connectivity index (χ1n) is 11.3. The monoisotopic (exact) mass is 500 g/mol. The third-order valence-electron chi connectivity index (χ3n) is 6.04. The number of amides is 1. The molecular formula is C24H23ClF2N6O2. The van der Waals surface area contributed by atoms with Gasteiger partial charge in [-0.3, -0.25) is 0 Å². The first-order valence-corrected chi connectivity index (χ1v) is 11.6. The molecule has 1 aromatic heterocycles. The van der Waals surface area contributed by atoms with Gasteiger partial charge >= 0.3 is 6.09 Å². The molecular weight excluding hydrogens is 478 g/mol. The number of anilines is 1. The van der Waals surface area contributed by atoms with Crippen LogP contribution < -0.4 is 20.7 Å². The maximum atomic E-state index is 14.5. The highest BCUT2D eigenvalue weighted by Gasteiger charge is 2.28. The summed E-state index contributed by atoms with van der Waals surface area (Å²) in [6, 6.07) is 5.29. The summed E-state index contributed by atoms with van der Waals surface area (Å²) in [6.45, 7) is 1.43. The number of hydrogen-bond acceptors (Lipinski definition) is 7. The normalized spacial score (nSPS) is 21.1. The molecule has 35 heavy (non-hydrogen) atoms. The number of carbonyl (C=O) groups excluding carboxylic acids is 1. The molecule has 0 bridgehead atoms. The topological polar surface area (TPSA) is 91.4 Å². The lowest BCUT2D eigenvalue weighted by Gasteiger charge is -2.32. The lowest BCUT2D eigenvalue weighted by molar-refractivity contribution is 0.128. The summed E-state index contributed by atoms with van der Waals surface area (Å²) in [6.07, 6.45) is 7.45. The van der Waals surface area contributed by atoms with Crippen molar-refractivity contribution in [3.63, 3.8) is 0 Å². The molecule has 1 saturated heterocycles. The SMILES string of the molecule is O=C(Oc1ccc(F)cc1)N1CCC[C@H](CNc2nc(C3=CN[C@@H]4NC=C(Cl)C=C34)ncc2F)C1. The van der Waals surface area contributed by atoms with E-state index in [1.165, 1.54) is 24.3 Å². The molecule has 8 nitrogen and oxygen atoms in total. The number of fused-ring (bicyclic) bond motifs is 1. The number of piperidine rings is 1. The smallest absolute Gasteiger partial charge is 0.410 e. The van der Waals surface area contributed by atoms with Gasteiger partial charge in [-0.2, -0.15) is 0 Å². The Morgan fingerprint density at radius 2 is 2.03 bits per heavy atom. The van der Waals surface area contributed by atoms with E-state index >= 15 is 0 Å². The highest BCUT2D eigenvalue weighted by molar-refractivity contribution is 6.31. The van der Waals surface area contributed by atoms with Crippen LogP contribution in [0, 0.1) is 17.6 Å². The van der Waals surface area contributed by atoms with E-state index < -0.39 is 17.7 Å². The van der Waals surface area contributed by atoms with E-state index in [-0.39, 0.29) is 23.7 Å². The molecule has 5 rings (SSSR count). The Balaban J connectivity index is 1.21. The van der Waals surface area contributed by atoms with Crippen LogP contribution in [0.25, 0.3) is 5.57 Å². The highest BCUT2D eigenvalue weighted by Crippen LogP contribution is 2.31. The third kappa shape index (κ3) is 5.22. The van der Waals surface area contributed by atoms with Crippen LogP contribution in [-0.4, -0.2) is 46.8 Å². The van der Waals surface area contributed by atoms with Crippen molar-refractivity contribution in [2.75, 3.05) is 25.0 Å². The van der Waals surface area contributed by atoms with Crippen LogP contribution in [0.3, 0.4) is 0 Å². The van der Waals surface area contributed by atoms with Crippen LogP contribution in [-0.2, 0) is 0 Å². The molecule has 0 radical (unpaired) electrons. The lowest BCUT2D eigenvalue weighted by Crippen LogP contribution is -2.43. The van der Waals surface area contributed by atoms with E-state index in [1.807, 2.05) is 6.08 Å². The molecule has 182 valence electrons. The van der Waals surface area contributed by atoms with Crippen molar-refractivity contribution >= 4 is 29.1 Å². The second-order valence-corrected chi connectivity index (χ2v) is 8.94. The number of ether oxygens (including phenoxy) is 1. The number of nitrogens with zero attached hydrogens (tertiary/aromatic N) is 3. The number of nitrogens with one attached hydrogen (secondary N) is 3. The molecule has 2 atom stereocenters. The Morgan fingerprint density at radius 3 is 2.86 bits per heavy atom. The van der Waals surface area contributed by atoms with Crippen LogP contribution in [0.15, 0.2) is 59.5 Å². The maximum Gasteiger partial charge on any atom is 0.415 e. The number of likely N-dealkylation sites (tertiary alicyclic amines) is 1. The van der Waals surface area contributed by atoms with Crippen molar-refractivity contribution in [2.24, 2.45) is 5.92 Å². The highest BCUT2D eigenvalue weighted by atomic mass is 35.5. The molecule has 1 aromatic carbocycles. The maximum absolute atomic E-state index is 14.5. The van der Waals surface area contributed by atoms with Gasteiger partial charge in [-0.25, -0.2) is 23.5 Å². The van der Waals surface area contributed by atoms with E-state index in [4.69, 9.17) is 16.3 Å². The average molecular weight is 501 g/mol. The van der Waals surface area contributed by atoms with Gasteiger partial charge in [0.15, 0.2) is 17.5 Å². The first-order chi connectivity index (χ1) is 17.0. The summed E-state index contributed by atoms with van der Waals surface area (Å²) >= 11 is 6.12. The van der Waals surface area contributed by atoms with Crippen LogP contribution in [0.2, 0.25) is 0 Å². The molecule has 3 N–H and O–H groups in total. The largest absolute Gasteiger partial charge is 0.415 e. The molecule has 1 amide bonds. The minimum atomic E-state index is -0.561. The zero-order valence-corrected chi connectivity index (χ0v) is 19.4. The van der Waals surface area contributed by atoms with Gasteiger partial charge in [0, 0.05) is 43.2 Å². The summed E-state index contributed by atoms with van der Waals surface area (Å²) in [4.78, 5) is 22.7. The van der Waals surface area contributed by atoms with Gasteiger partial charge in [-0.05, 0) is 49.1 Å². The minimum Gasteiger partial charge on any atom is -0.410 e. The van der Waals surface area contributed by atoms with Crippen molar-refractivity contribution in [3.05, 3.63) is 77.0 Å². The molecule has 0 aliphatic carbocycles. The lowest BCUT2D eigenvalue weighted by atomic mass is 9.98. The summed E-state index contributed by atoms with van der Waals surface area (Å²) in [7, 11) is 0. The fraction of sp³-hybridized carbons (Fsp3) is 0.292. The predicted molar refractivity (Wildman–Crippen MR) is 127 cm³/mol. The molecule has 11 heteroatoms. The van der Waals surface area contributed by atoms with Crippen molar-refractivity contribution in [3.8, 4) is 5.75 Å². The average Bonchev–Trinajstić information content (AvgIpc) is 3.28. The summed E-state index contributed by atoms with van der Waals surface area (Å²) in [5, 5.41) is 9.92. The van der Waals surface area contributed by atoms with Crippen LogP contribution >= 0.6 is 11.6 Å². The zero-order valence-electron chi connectivity index (χ0n) is 18.6. The molecule has 1 fully saturated rings. The van der Waals surface area contributed by atoms with Crippen LogP contribution in [0.4, 0.5) is 19.4 Å². The molecule has 2 aromatic rings. The molecule has 0 unspecified atom stereocenters. The summed E-state index contributed by atoms with van der Waals surface area (Å²) in [5.74, 6) is -0.137. The number of carbonyl (C=O) groups is 1. The van der Waals surface area contributed by atoms with Crippen LogP contribution in [0.1, 0.15) is 18.7 Å². The van der Waals surface area contributed by atoms with Gasteiger partial charge in [0.25, 0.3) is 0 Å². The van der Waals surface area contributed by atoms with E-state index in [1.54, 1.807) is 17.3 Å². The van der Waals surface area contributed by atoms with Crippen molar-refractivity contribution in [1.82, 2.24) is 25.5 Å². The van der Waals surface area contributed by atoms with E-state index in [0.717, 1.165) is 30.2 Å². The molecule has 3 aliphatic heterocycles. The zero-order chi connectivity index (χ0) is 24.4. The van der Waals surface area contributed by atoms with Gasteiger partial charge in [-0.1, -0.05) is 11.6 Å². The molecule has 3 aliphatic rings. The first kappa shape index (κ1) is 23.1. The van der Waals surface area contributed by atoms with Gasteiger partial charge in [-0.15, -0.1) is 0 Å². The number of rotatable bonds is 5. The van der Waals surface area contributed by atoms with Crippen molar-refractivity contribution < 1.29 is 18.3 Å². The van der Waals surface area contributed by atoms with E-state index in [9.17, 15) is 13.6 Å². The standard InChI is InChI=1S/C24H23ClF2N6O2/c25-15-8-18-19(11-30-21(18)29-10-15)22-31-12-20(27)23(32-22)28-9-14-2-1-7-33(13-14)24(34)35-17-5-3-16(26)4-6-17/h3-6,8,10-12,14,21,29-30H,1-2,7,9,13H2,(H,28,31,32)/t14-,21+/m1/s1. The molecule has 0 saturated carbocycles. The quantitative estimate of drug-likeness (QED) is 0.572. The number of benzene rings is 1. The minimum absolute atomic E-state index is 0.0771. The van der Waals surface area contributed by atoms with Crippen molar-refractivity contribution in [2.45, 2.75) is 19.0 Å². The predicted octanol–water partition coefficient (Wildman–Crippen LogP) is 3.96. The fourth-order valence-electron chi connectivity index (χ4n) is 4.27. The third-order valence-corrected chi connectivity index (χ3v) is 6.26. The van der Waals surface area contributed by atoms with E-state index in [0.29, 0.717) is 30.5 Å². The van der Waals surface area contributed by atoms with Gasteiger partial charge in [0.1, 0.15) is 17.7 Å². The van der Waals surface area contributed by atoms with Gasteiger partial charge < -0.3 is 25.6 Å². The Bertz CT molecular complexity index is 1220. The number of dihydropyridines is 1. The Hall–Kier alpha value is -3.66. The number of aromatic nitrogens is 2. The van der Waals surface area contributed by atoms with Gasteiger partial charge in [0.05, 0.1) is 11.2 Å². The van der Waals surface area contributed by atoms with Crippen molar-refractivity contribution in [1.29, 1.82) is 0 Å². The Labute approximate surface area is 205 Å². The number of halogens is 3. The van der Waals surface area contributed by atoms with Gasteiger partial charge in [0.2, 0.25) is 0 Å². The number of allylic oxidation sites excluding steroid dienone is 2. The van der Waals surface area contributed by atoms with Crippen LogP contribution in [0.5, 0.6) is 5.75 Å². The fourth-order valence-corrected chi connectivity index (χ4v) is 4.45. The molecule has 4 heterocycles. The number of hydrogen-bond donors (Lipinski definition) is 3. The summed E-state index contributed by atoms with van der Waals surface area (Å²) in [5.41, 5.74) is 1.60. The summed E-state index contributed by atoms with van der Waals surface area (Å²) < 4.78 is 32.9.